The molecule has 0 unspecified atom stereocenters. The molecule has 0 bridgehead atoms. The first kappa shape index (κ1) is 47.9. The van der Waals surface area contributed by atoms with Crippen molar-refractivity contribution in [3.63, 3.8) is 0 Å². The molecule has 0 N–H and O–H groups in total. The summed E-state index contributed by atoms with van der Waals surface area (Å²) in [6.07, 6.45) is 21.4. The fraction of sp³-hybridized carbons (Fsp3) is 0.479. The average molecular weight is 814 g/mol. The zero-order chi connectivity index (χ0) is 42.5. The van der Waals surface area contributed by atoms with Crippen molar-refractivity contribution in [3.8, 4) is 28.4 Å². The number of ether oxygens (including phenoxy) is 5. The predicted octanol–water partition coefficient (Wildman–Crippen LogP) is 12.1. The molecular formula is C48H63NO10. The summed E-state index contributed by atoms with van der Waals surface area (Å²) >= 11 is 0. The molecule has 0 heterocycles. The first-order valence-electron chi connectivity index (χ1n) is 21.3. The normalized spacial score (nSPS) is 11.3. The summed E-state index contributed by atoms with van der Waals surface area (Å²) in [6.45, 7) is 10.2. The van der Waals surface area contributed by atoms with Crippen molar-refractivity contribution in [1.29, 1.82) is 0 Å². The van der Waals surface area contributed by atoms with E-state index in [0.29, 0.717) is 25.4 Å². The van der Waals surface area contributed by atoms with Gasteiger partial charge in [-0.05, 0) is 86.6 Å². The van der Waals surface area contributed by atoms with Crippen LogP contribution in [-0.2, 0) is 19.1 Å². The second kappa shape index (κ2) is 28.9. The summed E-state index contributed by atoms with van der Waals surface area (Å²) < 4.78 is 27.4. The Morgan fingerprint density at radius 2 is 1.05 bits per heavy atom. The third kappa shape index (κ3) is 20.2. The molecule has 0 aliphatic heterocycles. The number of carbonyl (C=O) groups excluding carboxylic acids is 3. The molecule has 11 heteroatoms. The summed E-state index contributed by atoms with van der Waals surface area (Å²) in [4.78, 5) is 46.4. The quantitative estimate of drug-likeness (QED) is 0.0149. The van der Waals surface area contributed by atoms with Gasteiger partial charge in [-0.3, -0.25) is 10.1 Å². The maximum atomic E-state index is 13.0. The Kier molecular flexibility index (Phi) is 23.4. The van der Waals surface area contributed by atoms with Gasteiger partial charge in [0.05, 0.1) is 42.5 Å². The zero-order valence-electron chi connectivity index (χ0n) is 34.9. The minimum atomic E-state index is -0.619. The summed E-state index contributed by atoms with van der Waals surface area (Å²) in [5, 5.41) is 11.9. The molecule has 0 aromatic heterocycles. The summed E-state index contributed by atoms with van der Waals surface area (Å²) in [7, 11) is 0. The third-order valence-electron chi connectivity index (χ3n) is 9.86. The topological polar surface area (TPSA) is 141 Å². The van der Waals surface area contributed by atoms with Crippen LogP contribution >= 0.6 is 0 Å². The lowest BCUT2D eigenvalue weighted by atomic mass is 10.0. The van der Waals surface area contributed by atoms with Gasteiger partial charge in [-0.1, -0.05) is 121 Å². The van der Waals surface area contributed by atoms with Gasteiger partial charge in [0.25, 0.3) is 0 Å². The van der Waals surface area contributed by atoms with E-state index in [1.165, 1.54) is 56.0 Å². The summed E-state index contributed by atoms with van der Waals surface area (Å²) in [6, 6.07) is 19.1. The lowest BCUT2D eigenvalue weighted by molar-refractivity contribution is -0.386. The second-order valence-electron chi connectivity index (χ2n) is 14.7. The molecule has 0 saturated carbocycles. The predicted molar refractivity (Wildman–Crippen MR) is 231 cm³/mol. The Labute approximate surface area is 350 Å². The molecule has 11 nitrogen and oxygen atoms in total. The van der Waals surface area contributed by atoms with Crippen molar-refractivity contribution < 1.29 is 43.0 Å². The van der Waals surface area contributed by atoms with Gasteiger partial charge in [0.15, 0.2) is 5.75 Å². The van der Waals surface area contributed by atoms with E-state index in [1.807, 2.05) is 43.3 Å². The third-order valence-corrected chi connectivity index (χ3v) is 9.86. The molecule has 3 rings (SSSR count). The van der Waals surface area contributed by atoms with Crippen molar-refractivity contribution in [2.75, 3.05) is 19.8 Å². The lowest BCUT2D eigenvalue weighted by Gasteiger charge is -2.15. The molecule has 0 radical (unpaired) electrons. The number of rotatable bonds is 32. The van der Waals surface area contributed by atoms with Crippen molar-refractivity contribution in [2.45, 2.75) is 129 Å². The van der Waals surface area contributed by atoms with Crippen LogP contribution in [0.5, 0.6) is 17.2 Å². The van der Waals surface area contributed by atoms with Gasteiger partial charge in [0.2, 0.25) is 0 Å². The molecule has 0 amide bonds. The van der Waals surface area contributed by atoms with Crippen LogP contribution in [0.2, 0.25) is 0 Å². The Bertz CT molecular complexity index is 1720. The fourth-order valence-electron chi connectivity index (χ4n) is 6.48. The standard InChI is InChI=1S/C48H63NO10/c1-4-46(50)56-35-21-17-13-9-6-8-12-16-20-34-55-42-30-28-40(29-31-42)39-24-26-41(27-25-39)48(52)59-43-32-33-45(44(37-43)49(53)54)58-38(3)23-19-15-11-7-10-14-18-22-36-57-47(51)5-2/h4-5,24-33,37-38H,1-2,6-23,34-36H2,3H3/t38-/m0/s1. The molecular weight excluding hydrogens is 751 g/mol. The van der Waals surface area contributed by atoms with E-state index < -0.39 is 10.9 Å². The number of hydrogen-bond acceptors (Lipinski definition) is 10. The van der Waals surface area contributed by atoms with E-state index in [4.69, 9.17) is 23.7 Å². The number of nitro groups is 1. The lowest BCUT2D eigenvalue weighted by Crippen LogP contribution is -2.13. The largest absolute Gasteiger partial charge is 0.494 e. The number of esters is 3. The Hall–Kier alpha value is -5.45. The van der Waals surface area contributed by atoms with Gasteiger partial charge in [-0.25, -0.2) is 14.4 Å². The van der Waals surface area contributed by atoms with E-state index in [-0.39, 0.29) is 35.2 Å². The molecule has 59 heavy (non-hydrogen) atoms. The van der Waals surface area contributed by atoms with Crippen LogP contribution in [0.25, 0.3) is 11.1 Å². The number of hydrogen-bond donors (Lipinski definition) is 0. The smallest absolute Gasteiger partial charge is 0.343 e. The van der Waals surface area contributed by atoms with Gasteiger partial charge in [-0.15, -0.1) is 0 Å². The molecule has 0 fully saturated rings. The van der Waals surface area contributed by atoms with Crippen LogP contribution in [0.3, 0.4) is 0 Å². The van der Waals surface area contributed by atoms with Crippen molar-refractivity contribution >= 4 is 23.6 Å². The highest BCUT2D eigenvalue weighted by molar-refractivity contribution is 5.91. The van der Waals surface area contributed by atoms with Gasteiger partial charge in [-0.2, -0.15) is 0 Å². The van der Waals surface area contributed by atoms with Crippen molar-refractivity contribution in [3.05, 3.63) is 108 Å². The molecule has 1 atom stereocenters. The highest BCUT2D eigenvalue weighted by Gasteiger charge is 2.20. The van der Waals surface area contributed by atoms with Crippen LogP contribution in [0.15, 0.2) is 92.0 Å². The zero-order valence-corrected chi connectivity index (χ0v) is 34.9. The van der Waals surface area contributed by atoms with Crippen molar-refractivity contribution in [1.82, 2.24) is 0 Å². The second-order valence-corrected chi connectivity index (χ2v) is 14.7. The summed E-state index contributed by atoms with van der Waals surface area (Å²) in [5.41, 5.74) is 1.96. The number of nitrogens with zero attached hydrogens (tertiary/aromatic N) is 1. The number of benzene rings is 3. The highest BCUT2D eigenvalue weighted by Crippen LogP contribution is 2.33. The molecule has 3 aromatic carbocycles. The van der Waals surface area contributed by atoms with Crippen LogP contribution < -0.4 is 14.2 Å². The monoisotopic (exact) mass is 813 g/mol. The maximum absolute atomic E-state index is 13.0. The molecule has 0 aliphatic rings. The Morgan fingerprint density at radius 1 is 0.610 bits per heavy atom. The minimum absolute atomic E-state index is 0.0631. The van der Waals surface area contributed by atoms with Gasteiger partial charge in [0.1, 0.15) is 11.5 Å². The summed E-state index contributed by atoms with van der Waals surface area (Å²) in [5.74, 6) is -0.338. The molecule has 0 aliphatic carbocycles. The molecule has 320 valence electrons. The van der Waals surface area contributed by atoms with Crippen LogP contribution in [-0.4, -0.2) is 48.8 Å². The average Bonchev–Trinajstić information content (AvgIpc) is 3.24. The first-order valence-corrected chi connectivity index (χ1v) is 21.3. The highest BCUT2D eigenvalue weighted by atomic mass is 16.6. The van der Waals surface area contributed by atoms with E-state index in [0.717, 1.165) is 107 Å². The molecule has 0 spiro atoms. The Morgan fingerprint density at radius 3 is 1.54 bits per heavy atom. The minimum Gasteiger partial charge on any atom is -0.494 e. The number of nitro benzene ring substituents is 1. The van der Waals surface area contributed by atoms with E-state index >= 15 is 0 Å². The van der Waals surface area contributed by atoms with Crippen LogP contribution in [0.1, 0.15) is 133 Å². The Balaban J connectivity index is 1.31. The molecule has 3 aromatic rings. The van der Waals surface area contributed by atoms with E-state index in [2.05, 4.69) is 13.2 Å². The number of unbranched alkanes of at least 4 members (excludes halogenated alkanes) is 15. The van der Waals surface area contributed by atoms with E-state index in [1.54, 1.807) is 12.1 Å². The van der Waals surface area contributed by atoms with Crippen molar-refractivity contribution in [2.24, 2.45) is 0 Å². The SMILES string of the molecule is C=CC(=O)OCCCCCCCCCCCOc1ccc(-c2ccc(C(=O)Oc3ccc(O[C@@H](C)CCCCCCCCCCOC(=O)C=C)c([N+](=O)[O-])c3)cc2)cc1. The van der Waals surface area contributed by atoms with Crippen LogP contribution in [0, 0.1) is 10.1 Å². The fourth-order valence-corrected chi connectivity index (χ4v) is 6.48. The van der Waals surface area contributed by atoms with Gasteiger partial charge in [0, 0.05) is 12.2 Å². The maximum Gasteiger partial charge on any atom is 0.343 e. The van der Waals surface area contributed by atoms with Gasteiger partial charge < -0.3 is 23.7 Å². The molecule has 0 saturated heterocycles. The first-order chi connectivity index (χ1) is 28.7. The van der Waals surface area contributed by atoms with E-state index in [9.17, 15) is 24.5 Å². The number of carbonyl (C=O) groups is 3. The van der Waals surface area contributed by atoms with Crippen LogP contribution in [0.4, 0.5) is 5.69 Å². The van der Waals surface area contributed by atoms with Gasteiger partial charge >= 0.3 is 23.6 Å².